The summed E-state index contributed by atoms with van der Waals surface area (Å²) in [5, 5.41) is 11.1. The molecule has 5 rings (SSSR count). The van der Waals surface area contributed by atoms with Crippen LogP contribution in [0.1, 0.15) is 50.4 Å². The molecule has 32 heavy (non-hydrogen) atoms. The number of sulfonamides is 1. The molecular weight excluding hydrogens is 788 g/mol. The lowest BCUT2D eigenvalue weighted by molar-refractivity contribution is -0.274. The quantitative estimate of drug-likeness (QED) is 0.216. The Bertz CT molecular complexity index is 961. The Morgan fingerprint density at radius 1 is 1.09 bits per heavy atom. The Balaban J connectivity index is 1.61. The van der Waals surface area contributed by atoms with Gasteiger partial charge in [-0.15, -0.1) is 0 Å². The van der Waals surface area contributed by atoms with E-state index in [1.807, 2.05) is 12.1 Å². The van der Waals surface area contributed by atoms with Gasteiger partial charge in [-0.25, -0.2) is 13.1 Å². The number of ether oxygens (including phenoxy) is 1. The van der Waals surface area contributed by atoms with E-state index in [-0.39, 0.29) is 24.8 Å². The lowest BCUT2D eigenvalue weighted by atomic mass is 9.49. The fraction of sp³-hybridized carbons (Fsp3) is 0.700. The van der Waals surface area contributed by atoms with Crippen LogP contribution in [0.3, 0.4) is 0 Å². The number of nitrogens with one attached hydrogen (secondary N) is 1. The van der Waals surface area contributed by atoms with Crippen molar-refractivity contribution in [1.29, 1.82) is 0 Å². The molecule has 1 aromatic carbocycles. The zero-order chi connectivity index (χ0) is 23.5. The van der Waals surface area contributed by atoms with Crippen LogP contribution in [0.15, 0.2) is 12.1 Å². The van der Waals surface area contributed by atoms with E-state index in [4.69, 9.17) is 4.74 Å². The maximum atomic E-state index is 12.8. The van der Waals surface area contributed by atoms with Crippen LogP contribution in [-0.2, 0) is 14.8 Å². The highest BCUT2D eigenvalue weighted by molar-refractivity contribution is 14.1. The number of benzene rings is 1. The van der Waals surface area contributed by atoms with Crippen molar-refractivity contribution in [2.75, 3.05) is 6.54 Å². The molecule has 2 N–H and O–H groups in total. The second kappa shape index (κ2) is 9.48. The van der Waals surface area contributed by atoms with E-state index in [1.54, 1.807) is 4.72 Å². The first-order valence-electron chi connectivity index (χ1n) is 10.4. The number of hydrogen-bond acceptors (Lipinski definition) is 4. The van der Waals surface area contributed by atoms with Crippen LogP contribution in [0.4, 0.5) is 13.2 Å². The van der Waals surface area contributed by atoms with Gasteiger partial charge in [0.1, 0.15) is 0 Å². The van der Waals surface area contributed by atoms with Crippen LogP contribution in [0, 0.1) is 34.4 Å². The Morgan fingerprint density at radius 2 is 1.66 bits per heavy atom. The van der Waals surface area contributed by atoms with Crippen molar-refractivity contribution in [3.8, 4) is 0 Å². The molecule has 1 atom stereocenters. The number of alkyl halides is 3. The van der Waals surface area contributed by atoms with E-state index in [0.717, 1.165) is 36.4 Å². The lowest BCUT2D eigenvalue weighted by Gasteiger charge is -2.61. The number of halogens is 6. The topological polar surface area (TPSA) is 75.6 Å². The van der Waals surface area contributed by atoms with Gasteiger partial charge in [0.15, 0.2) is 6.29 Å². The van der Waals surface area contributed by atoms with Crippen molar-refractivity contribution >= 4 is 77.8 Å². The number of aliphatic hydroxyl groups is 1. The average Bonchev–Trinajstić information content (AvgIpc) is 2.66. The highest BCUT2D eigenvalue weighted by Gasteiger charge is 2.59. The molecule has 12 heteroatoms. The van der Waals surface area contributed by atoms with Crippen LogP contribution in [0.5, 0.6) is 0 Å². The van der Waals surface area contributed by atoms with Crippen molar-refractivity contribution in [1.82, 2.24) is 4.72 Å². The first kappa shape index (κ1) is 26.1. The van der Waals surface area contributed by atoms with Gasteiger partial charge in [-0.05, 0) is 142 Å². The fourth-order valence-corrected chi connectivity index (χ4v) is 9.13. The third-order valence-corrected chi connectivity index (χ3v) is 12.2. The summed E-state index contributed by atoms with van der Waals surface area (Å²) >= 11 is 6.53. The first-order chi connectivity index (χ1) is 14.8. The van der Waals surface area contributed by atoms with Crippen LogP contribution in [0.25, 0.3) is 0 Å². The van der Waals surface area contributed by atoms with Gasteiger partial charge in [0.25, 0.3) is 0 Å². The van der Waals surface area contributed by atoms with Crippen LogP contribution in [-0.4, -0.2) is 31.2 Å². The second-order valence-corrected chi connectivity index (χ2v) is 14.4. The third-order valence-electron chi connectivity index (χ3n) is 7.25. The molecule has 4 saturated carbocycles. The van der Waals surface area contributed by atoms with Crippen LogP contribution < -0.4 is 4.72 Å². The van der Waals surface area contributed by atoms with Crippen LogP contribution in [0.2, 0.25) is 0 Å². The van der Waals surface area contributed by atoms with Gasteiger partial charge in [0, 0.05) is 22.8 Å². The van der Waals surface area contributed by atoms with Gasteiger partial charge >= 0.3 is 15.5 Å². The standard InChI is InChI=1S/C20H23F3I3NO4S/c21-20(22,23)32(29,30)27-2-1-19(12-4-10-3-11(6-12)7-13(19)5-10)31-18(28)15-8-14(24)9-16(25)17(15)26/h8-13,18,27-28H,1-7H2. The van der Waals surface area contributed by atoms with E-state index < -0.39 is 27.4 Å². The number of aliphatic hydroxyl groups excluding tert-OH is 1. The SMILES string of the molecule is O=S(=O)(NCCC1(OC(O)c2cc(I)cc(I)c2I)C2CC3CC(C2)CC1C3)C(F)(F)F. The average molecular weight is 811 g/mol. The number of rotatable bonds is 7. The zero-order valence-corrected chi connectivity index (χ0v) is 24.1. The van der Waals surface area contributed by atoms with Gasteiger partial charge in [0.2, 0.25) is 0 Å². The Morgan fingerprint density at radius 3 is 2.19 bits per heavy atom. The molecule has 0 heterocycles. The van der Waals surface area contributed by atoms with Crippen molar-refractivity contribution in [3.05, 3.63) is 28.4 Å². The zero-order valence-electron chi connectivity index (χ0n) is 16.8. The summed E-state index contributed by atoms with van der Waals surface area (Å²) < 4.78 is 72.4. The van der Waals surface area contributed by atoms with Crippen molar-refractivity contribution in [2.45, 2.75) is 55.9 Å². The van der Waals surface area contributed by atoms with E-state index in [1.165, 1.54) is 6.42 Å². The van der Waals surface area contributed by atoms with E-state index in [9.17, 15) is 26.7 Å². The smallest absolute Gasteiger partial charge is 0.364 e. The minimum absolute atomic E-state index is 0.100. The predicted molar refractivity (Wildman–Crippen MR) is 138 cm³/mol. The molecule has 0 radical (unpaired) electrons. The number of hydrogen-bond donors (Lipinski definition) is 2. The molecule has 0 amide bonds. The van der Waals surface area contributed by atoms with E-state index in [2.05, 4.69) is 67.8 Å². The molecule has 4 bridgehead atoms. The summed E-state index contributed by atoms with van der Waals surface area (Å²) in [5.41, 5.74) is -5.57. The van der Waals surface area contributed by atoms with Crippen LogP contribution >= 0.6 is 67.8 Å². The highest BCUT2D eigenvalue weighted by Crippen LogP contribution is 2.61. The molecule has 1 aromatic rings. The molecule has 180 valence electrons. The van der Waals surface area contributed by atoms with E-state index >= 15 is 0 Å². The summed E-state index contributed by atoms with van der Waals surface area (Å²) in [5.74, 6) is 1.36. The molecule has 0 aliphatic heterocycles. The molecular formula is C20H23F3I3NO4S. The van der Waals surface area contributed by atoms with Gasteiger partial charge < -0.3 is 9.84 Å². The minimum Gasteiger partial charge on any atom is -0.364 e. The van der Waals surface area contributed by atoms with E-state index in [0.29, 0.717) is 17.4 Å². The van der Waals surface area contributed by atoms with Gasteiger partial charge in [-0.3, -0.25) is 0 Å². The summed E-state index contributed by atoms with van der Waals surface area (Å²) in [4.78, 5) is 0. The molecule has 5 nitrogen and oxygen atoms in total. The normalized spacial score (nSPS) is 33.0. The molecule has 4 aliphatic rings. The second-order valence-electron chi connectivity index (χ2n) is 9.11. The Hall–Kier alpha value is 1.03. The Kier molecular flexibility index (Phi) is 7.73. The molecule has 1 unspecified atom stereocenters. The van der Waals surface area contributed by atoms with Crippen molar-refractivity contribution < 1.29 is 31.4 Å². The summed E-state index contributed by atoms with van der Waals surface area (Å²) in [7, 11) is -5.42. The lowest BCUT2D eigenvalue weighted by Crippen LogP contribution is -2.60. The maximum absolute atomic E-state index is 12.8. The molecule has 0 saturated heterocycles. The first-order valence-corrected chi connectivity index (χ1v) is 15.1. The summed E-state index contributed by atoms with van der Waals surface area (Å²) in [6.45, 7) is -0.377. The fourth-order valence-electron chi connectivity index (χ4n) is 6.13. The summed E-state index contributed by atoms with van der Waals surface area (Å²) in [6.07, 6.45) is 3.69. The predicted octanol–water partition coefficient (Wildman–Crippen LogP) is 5.53. The van der Waals surface area contributed by atoms with Gasteiger partial charge in [-0.1, -0.05) is 0 Å². The highest BCUT2D eigenvalue weighted by atomic mass is 127. The molecule has 4 aliphatic carbocycles. The summed E-state index contributed by atoms with van der Waals surface area (Å²) in [6, 6.07) is 3.84. The Labute approximate surface area is 226 Å². The molecule has 0 spiro atoms. The largest absolute Gasteiger partial charge is 0.511 e. The van der Waals surface area contributed by atoms with Gasteiger partial charge in [-0.2, -0.15) is 13.2 Å². The maximum Gasteiger partial charge on any atom is 0.511 e. The molecule has 0 aromatic heterocycles. The van der Waals surface area contributed by atoms with Crippen molar-refractivity contribution in [3.63, 3.8) is 0 Å². The monoisotopic (exact) mass is 811 g/mol. The minimum atomic E-state index is -5.42. The molecule has 4 fully saturated rings. The third kappa shape index (κ3) is 4.97. The van der Waals surface area contributed by atoms with Crippen molar-refractivity contribution in [2.24, 2.45) is 23.7 Å². The van der Waals surface area contributed by atoms with Gasteiger partial charge in [0.05, 0.1) is 5.60 Å².